The molecule has 0 unspecified atom stereocenters. The molecule has 3 fully saturated rings. The minimum Gasteiger partial charge on any atom is -0.457 e. The number of hydrogen-bond acceptors (Lipinski definition) is 14. The number of hydrogen-bond donors (Lipinski definition) is 2. The molecule has 0 spiro atoms. The van der Waals surface area contributed by atoms with Gasteiger partial charge in [-0.3, -0.25) is 14.4 Å². The topological polar surface area (TPSA) is 181 Å². The van der Waals surface area contributed by atoms with Gasteiger partial charge in [0.05, 0.1) is 30.1 Å². The highest BCUT2D eigenvalue weighted by Gasteiger charge is 2.58. The van der Waals surface area contributed by atoms with Gasteiger partial charge in [-0.1, -0.05) is 62.9 Å². The monoisotopic (exact) mass is 799 g/mol. The van der Waals surface area contributed by atoms with E-state index in [2.05, 4.69) is 22.3 Å². The minimum absolute atomic E-state index is 0.0852. The first-order valence-corrected chi connectivity index (χ1v) is 19.7. The number of carbonyl (C=O) groups excluding carboxylic acids is 4. The van der Waals surface area contributed by atoms with E-state index in [1.807, 2.05) is 63.2 Å². The zero-order chi connectivity index (χ0) is 42.2. The maximum Gasteiger partial charge on any atom is 0.509 e. The summed E-state index contributed by atoms with van der Waals surface area (Å²) in [6.07, 6.45) is -5.62. The lowest BCUT2D eigenvalue weighted by Crippen LogP contribution is -2.59. The summed E-state index contributed by atoms with van der Waals surface area (Å²) < 4.78 is 36.5. The SMILES string of the molecule is CC[C@H]1OC(=O)[C@H](C)C(=O)[C@H](C)[C@@H](O[C@@H]2O[C@H](C)C[C@H](N(C)C)[C@H]2O)[C@@](C)(OC)C[C@@H](C)/C(=N\OCC(=O)NCC#Cc2ccccc2)[C@H](C)[C@H]2OC(=O)O[C@@]21C. The first-order valence-electron chi connectivity index (χ1n) is 19.7. The molecule has 0 bridgehead atoms. The normalized spacial score (nSPS) is 37.2. The number of methoxy groups -OCH3 is 1. The molecule has 0 aliphatic carbocycles. The molecule has 0 saturated carbocycles. The maximum absolute atomic E-state index is 14.3. The number of aliphatic hydroxyl groups excluding tert-OH is 1. The van der Waals surface area contributed by atoms with E-state index in [9.17, 15) is 24.3 Å². The van der Waals surface area contributed by atoms with Crippen molar-refractivity contribution in [3.8, 4) is 11.8 Å². The Bertz CT molecular complexity index is 1660. The molecule has 3 saturated heterocycles. The molecule has 15 heteroatoms. The fourth-order valence-corrected chi connectivity index (χ4v) is 8.26. The number of fused-ring (bicyclic) bond motifs is 1. The van der Waals surface area contributed by atoms with Crippen LogP contribution in [0.3, 0.4) is 0 Å². The fraction of sp³-hybridized carbons (Fsp3) is 0.690. The number of aliphatic hydroxyl groups is 1. The number of oxime groups is 1. The Morgan fingerprint density at radius 1 is 1.05 bits per heavy atom. The van der Waals surface area contributed by atoms with Gasteiger partial charge in [0.25, 0.3) is 5.91 Å². The number of ketones is 1. The van der Waals surface area contributed by atoms with E-state index in [1.54, 1.807) is 34.6 Å². The molecular formula is C42H61N3O12. The second kappa shape index (κ2) is 19.6. The Morgan fingerprint density at radius 2 is 1.74 bits per heavy atom. The summed E-state index contributed by atoms with van der Waals surface area (Å²) in [5, 5.41) is 18.7. The number of esters is 1. The molecule has 0 radical (unpaired) electrons. The van der Waals surface area contributed by atoms with Crippen LogP contribution in [0.2, 0.25) is 0 Å². The average molecular weight is 800 g/mol. The van der Waals surface area contributed by atoms with Crippen molar-refractivity contribution in [2.45, 2.75) is 129 Å². The van der Waals surface area contributed by atoms with Gasteiger partial charge in [0.1, 0.15) is 18.1 Å². The summed E-state index contributed by atoms with van der Waals surface area (Å²) in [5.74, 6) is 0.654. The predicted molar refractivity (Wildman–Crippen MR) is 209 cm³/mol. The number of nitrogens with one attached hydrogen (secondary N) is 1. The number of amides is 1. The molecule has 1 aromatic carbocycles. The first kappa shape index (κ1) is 45.6. The van der Waals surface area contributed by atoms with E-state index < -0.39 is 96.0 Å². The Labute approximate surface area is 336 Å². The number of nitrogens with zero attached hydrogens (tertiary/aromatic N) is 2. The molecule has 1 aromatic rings. The van der Waals surface area contributed by atoms with E-state index in [-0.39, 0.29) is 31.5 Å². The van der Waals surface area contributed by atoms with Crippen molar-refractivity contribution in [1.82, 2.24) is 10.2 Å². The van der Waals surface area contributed by atoms with Crippen LogP contribution in [0.4, 0.5) is 4.79 Å². The van der Waals surface area contributed by atoms with Gasteiger partial charge in [-0.05, 0) is 73.2 Å². The van der Waals surface area contributed by atoms with Crippen molar-refractivity contribution >= 4 is 29.5 Å². The summed E-state index contributed by atoms with van der Waals surface area (Å²) in [5.41, 5.74) is -1.58. The third-order valence-corrected chi connectivity index (χ3v) is 11.6. The first-order chi connectivity index (χ1) is 26.9. The molecule has 4 rings (SSSR count). The minimum atomic E-state index is -1.49. The van der Waals surface area contributed by atoms with E-state index in [1.165, 1.54) is 14.0 Å². The number of Topliss-reactive ketones (excluding diaryl/α,β-unsaturated/α-hetero) is 1. The zero-order valence-corrected chi connectivity index (χ0v) is 35.1. The van der Waals surface area contributed by atoms with E-state index in [0.29, 0.717) is 12.1 Å². The molecule has 15 nitrogen and oxygen atoms in total. The summed E-state index contributed by atoms with van der Waals surface area (Å²) in [7, 11) is 5.21. The Morgan fingerprint density at radius 3 is 2.37 bits per heavy atom. The smallest absolute Gasteiger partial charge is 0.457 e. The molecule has 2 N–H and O–H groups in total. The lowest BCUT2D eigenvalue weighted by molar-refractivity contribution is -0.295. The molecule has 57 heavy (non-hydrogen) atoms. The van der Waals surface area contributed by atoms with Gasteiger partial charge in [-0.25, -0.2) is 4.79 Å². The third kappa shape index (κ3) is 10.7. The highest BCUT2D eigenvalue weighted by molar-refractivity contribution is 6.00. The molecule has 1 amide bonds. The van der Waals surface area contributed by atoms with Gasteiger partial charge in [0.15, 0.2) is 30.4 Å². The second-order valence-corrected chi connectivity index (χ2v) is 16.1. The van der Waals surface area contributed by atoms with Gasteiger partial charge < -0.3 is 48.6 Å². The second-order valence-electron chi connectivity index (χ2n) is 16.1. The van der Waals surface area contributed by atoms with Crippen LogP contribution in [0.1, 0.15) is 80.2 Å². The number of cyclic esters (lactones) is 1. The average Bonchev–Trinajstić information content (AvgIpc) is 3.49. The number of rotatable bonds is 9. The number of ether oxygens (including phenoxy) is 6. The van der Waals surface area contributed by atoms with Crippen molar-refractivity contribution in [1.29, 1.82) is 0 Å². The Kier molecular flexibility index (Phi) is 15.7. The molecule has 3 heterocycles. The molecular weight excluding hydrogens is 738 g/mol. The van der Waals surface area contributed by atoms with Crippen LogP contribution in [0.5, 0.6) is 0 Å². The van der Waals surface area contributed by atoms with Crippen LogP contribution >= 0.6 is 0 Å². The fourth-order valence-electron chi connectivity index (χ4n) is 8.26. The number of benzene rings is 1. The van der Waals surface area contributed by atoms with Crippen LogP contribution in [-0.4, -0.2) is 128 Å². The van der Waals surface area contributed by atoms with Crippen molar-refractivity contribution in [3.05, 3.63) is 35.9 Å². The van der Waals surface area contributed by atoms with Crippen LogP contribution in [0.15, 0.2) is 35.5 Å². The van der Waals surface area contributed by atoms with Crippen LogP contribution < -0.4 is 5.32 Å². The molecule has 13 atom stereocenters. The molecule has 3 aliphatic rings. The molecule has 0 aromatic heterocycles. The number of carbonyl (C=O) groups is 4. The van der Waals surface area contributed by atoms with Gasteiger partial charge >= 0.3 is 12.1 Å². The van der Waals surface area contributed by atoms with E-state index in [0.717, 1.165) is 5.56 Å². The quantitative estimate of drug-likeness (QED) is 0.159. The predicted octanol–water partition coefficient (Wildman–Crippen LogP) is 3.88. The van der Waals surface area contributed by atoms with Crippen molar-refractivity contribution in [3.63, 3.8) is 0 Å². The Hall–Kier alpha value is -4.07. The van der Waals surface area contributed by atoms with Gasteiger partial charge in [0, 0.05) is 36.5 Å². The maximum atomic E-state index is 14.3. The summed E-state index contributed by atoms with van der Waals surface area (Å²) in [6.45, 7) is 13.5. The molecule has 3 aliphatic heterocycles. The molecule has 316 valence electrons. The lowest BCUT2D eigenvalue weighted by atomic mass is 9.74. The highest BCUT2D eigenvalue weighted by Crippen LogP contribution is 2.42. The van der Waals surface area contributed by atoms with Gasteiger partial charge in [-0.2, -0.15) is 0 Å². The summed E-state index contributed by atoms with van der Waals surface area (Å²) in [4.78, 5) is 61.3. The van der Waals surface area contributed by atoms with Gasteiger partial charge in [-0.15, -0.1) is 0 Å². The third-order valence-electron chi connectivity index (χ3n) is 11.6. The summed E-state index contributed by atoms with van der Waals surface area (Å²) >= 11 is 0. The summed E-state index contributed by atoms with van der Waals surface area (Å²) in [6, 6.07) is 9.07. The van der Waals surface area contributed by atoms with Gasteiger partial charge in [0.2, 0.25) is 0 Å². The van der Waals surface area contributed by atoms with E-state index >= 15 is 0 Å². The lowest BCUT2D eigenvalue weighted by Gasteiger charge is -2.47. The standard InChI is InChI=1S/C42H61N3O12/c1-12-31-42(8)37(56-40(50)57-42)26(4)33(44-52-23-32(46)43-20-16-19-29-17-14-13-15-18-29)24(2)22-41(7,51-11)36(27(5)34(47)28(6)38(49)54-31)55-39-35(48)30(45(9)10)21-25(3)53-39/h13-15,17-18,24-28,30-31,35-37,39,48H,12,20-23H2,1-11H3,(H,43,46)/b44-33+/t24-,25-,26+,27+,28-,30+,31-,35-,36-,37-,39+,41+,42-/m1/s1. The van der Waals surface area contributed by atoms with Crippen LogP contribution in [0, 0.1) is 35.5 Å². The van der Waals surface area contributed by atoms with Crippen LogP contribution in [-0.2, 0) is 47.6 Å². The van der Waals surface area contributed by atoms with Crippen molar-refractivity contribution in [2.24, 2.45) is 28.8 Å². The van der Waals surface area contributed by atoms with E-state index in [4.69, 9.17) is 33.3 Å². The number of likely N-dealkylation sites (N-methyl/N-ethyl adjacent to an activating group) is 1. The van der Waals surface area contributed by atoms with Crippen molar-refractivity contribution < 1.29 is 57.5 Å². The highest BCUT2D eigenvalue weighted by atomic mass is 16.8. The zero-order valence-electron chi connectivity index (χ0n) is 35.1. The Balaban J connectivity index is 1.73. The van der Waals surface area contributed by atoms with Crippen molar-refractivity contribution in [2.75, 3.05) is 34.4 Å². The van der Waals surface area contributed by atoms with Crippen LogP contribution in [0.25, 0.3) is 0 Å². The largest absolute Gasteiger partial charge is 0.509 e.